The van der Waals surface area contributed by atoms with Gasteiger partial charge in [-0.2, -0.15) is 0 Å². The Morgan fingerprint density at radius 1 is 1.00 bits per heavy atom. The smallest absolute Gasteiger partial charge is 0.255 e. The number of rotatable bonds is 5. The highest BCUT2D eigenvalue weighted by atomic mass is 35.5. The van der Waals surface area contributed by atoms with Crippen LogP contribution in [0.2, 0.25) is 0 Å². The minimum absolute atomic E-state index is 0. The summed E-state index contributed by atoms with van der Waals surface area (Å²) in [6.45, 7) is 0.415. The number of nitrogens with zero attached hydrogens (tertiary/aromatic N) is 5. The normalized spacial score (nSPS) is 14.7. The minimum Gasteiger partial charge on any atom is -0.327 e. The van der Waals surface area contributed by atoms with Crippen LogP contribution in [0.25, 0.3) is 11.3 Å². The molecule has 172 valence electrons. The predicted molar refractivity (Wildman–Crippen MR) is 129 cm³/mol. The first-order chi connectivity index (χ1) is 16.1. The van der Waals surface area contributed by atoms with Gasteiger partial charge in [0.05, 0.1) is 18.3 Å². The fourth-order valence-electron chi connectivity index (χ4n) is 4.16. The van der Waals surface area contributed by atoms with Gasteiger partial charge in [0.25, 0.3) is 5.56 Å². The van der Waals surface area contributed by atoms with E-state index in [0.29, 0.717) is 24.6 Å². The second-order valence-corrected chi connectivity index (χ2v) is 7.81. The van der Waals surface area contributed by atoms with Gasteiger partial charge in [0.1, 0.15) is 5.82 Å². The first-order valence-electron chi connectivity index (χ1n) is 10.6. The monoisotopic (exact) mass is 477 g/mol. The zero-order valence-electron chi connectivity index (χ0n) is 18.0. The quantitative estimate of drug-likeness (QED) is 0.403. The van der Waals surface area contributed by atoms with Gasteiger partial charge < -0.3 is 4.90 Å². The van der Waals surface area contributed by atoms with Crippen molar-refractivity contribution in [3.63, 3.8) is 0 Å². The Morgan fingerprint density at radius 3 is 2.41 bits per heavy atom. The number of aromatic nitrogens is 4. The summed E-state index contributed by atoms with van der Waals surface area (Å²) in [4.78, 5) is 40.9. The number of carbonyl (C=O) groups is 1. The van der Waals surface area contributed by atoms with Crippen LogP contribution in [0, 0.1) is 5.82 Å². The van der Waals surface area contributed by atoms with E-state index in [1.54, 1.807) is 47.6 Å². The van der Waals surface area contributed by atoms with E-state index in [9.17, 15) is 14.0 Å². The number of benzene rings is 1. The highest BCUT2D eigenvalue weighted by Gasteiger charge is 2.31. The van der Waals surface area contributed by atoms with E-state index >= 15 is 0 Å². The Kier molecular flexibility index (Phi) is 6.79. The Balaban J connectivity index is 0.00000274. The van der Waals surface area contributed by atoms with Gasteiger partial charge >= 0.3 is 0 Å². The summed E-state index contributed by atoms with van der Waals surface area (Å²) in [5.41, 5.74) is 2.31. The molecule has 1 aliphatic rings. The van der Waals surface area contributed by atoms with Crippen molar-refractivity contribution >= 4 is 24.1 Å². The summed E-state index contributed by atoms with van der Waals surface area (Å²) in [6, 6.07) is 14.3. The molecule has 1 aliphatic heterocycles. The van der Waals surface area contributed by atoms with Gasteiger partial charge in [0, 0.05) is 48.5 Å². The van der Waals surface area contributed by atoms with E-state index in [0.717, 1.165) is 11.1 Å². The molecule has 0 radical (unpaired) electrons. The van der Waals surface area contributed by atoms with Crippen molar-refractivity contribution in [1.82, 2.24) is 19.5 Å². The lowest BCUT2D eigenvalue weighted by atomic mass is 10.00. The highest BCUT2D eigenvalue weighted by molar-refractivity contribution is 5.99. The van der Waals surface area contributed by atoms with Gasteiger partial charge in [-0.15, -0.1) is 12.4 Å². The Labute approximate surface area is 201 Å². The lowest BCUT2D eigenvalue weighted by Gasteiger charge is -2.38. The minimum atomic E-state index is -0.472. The third-order valence-electron chi connectivity index (χ3n) is 5.77. The van der Waals surface area contributed by atoms with Crippen LogP contribution in [0.4, 0.5) is 10.3 Å². The maximum atomic E-state index is 13.7. The summed E-state index contributed by atoms with van der Waals surface area (Å²) in [7, 11) is 0. The van der Waals surface area contributed by atoms with Gasteiger partial charge in [-0.3, -0.25) is 24.1 Å². The van der Waals surface area contributed by atoms with Crippen LogP contribution in [0.1, 0.15) is 28.4 Å². The predicted octanol–water partition coefficient (Wildman–Crippen LogP) is 4.10. The molecule has 0 spiro atoms. The lowest BCUT2D eigenvalue weighted by molar-refractivity contribution is 0.0994. The van der Waals surface area contributed by atoms with Gasteiger partial charge in [-0.1, -0.05) is 12.1 Å². The van der Waals surface area contributed by atoms with Crippen molar-refractivity contribution in [2.45, 2.75) is 19.0 Å². The average molecular weight is 478 g/mol. The van der Waals surface area contributed by atoms with Crippen LogP contribution < -0.4 is 10.5 Å². The molecule has 0 N–H and O–H groups in total. The summed E-state index contributed by atoms with van der Waals surface area (Å²) in [5.74, 6) is -0.322. The molecule has 5 rings (SSSR count). The summed E-state index contributed by atoms with van der Waals surface area (Å²) < 4.78 is 15.3. The summed E-state index contributed by atoms with van der Waals surface area (Å²) in [6.07, 6.45) is 7.29. The highest BCUT2D eigenvalue weighted by Crippen LogP contribution is 2.34. The molecule has 4 heterocycles. The summed E-state index contributed by atoms with van der Waals surface area (Å²) in [5, 5.41) is 0. The molecule has 4 aromatic rings. The van der Waals surface area contributed by atoms with Crippen molar-refractivity contribution in [3.8, 4) is 11.3 Å². The van der Waals surface area contributed by atoms with Gasteiger partial charge in [-0.25, -0.2) is 9.37 Å². The number of pyridine rings is 2. The molecular weight excluding hydrogens is 457 g/mol. The Morgan fingerprint density at radius 2 is 1.71 bits per heavy atom. The molecule has 7 nitrogen and oxygen atoms in total. The molecular formula is C25H21ClFN5O2. The fourth-order valence-corrected chi connectivity index (χ4v) is 4.16. The second kappa shape index (κ2) is 9.93. The number of fused-ring (bicyclic) bond motifs is 1. The van der Waals surface area contributed by atoms with Crippen LogP contribution in [0.3, 0.4) is 0 Å². The van der Waals surface area contributed by atoms with Crippen molar-refractivity contribution < 1.29 is 9.18 Å². The van der Waals surface area contributed by atoms with Crippen LogP contribution >= 0.6 is 12.4 Å². The largest absolute Gasteiger partial charge is 0.327 e. The first-order valence-corrected chi connectivity index (χ1v) is 10.6. The molecule has 3 aromatic heterocycles. The molecule has 1 aromatic carbocycles. The molecule has 1 unspecified atom stereocenters. The topological polar surface area (TPSA) is 81.0 Å². The van der Waals surface area contributed by atoms with E-state index in [-0.39, 0.29) is 41.9 Å². The van der Waals surface area contributed by atoms with Crippen molar-refractivity contribution in [1.29, 1.82) is 0 Å². The van der Waals surface area contributed by atoms with E-state index in [1.807, 2.05) is 17.0 Å². The van der Waals surface area contributed by atoms with Crippen molar-refractivity contribution in [3.05, 3.63) is 107 Å². The lowest BCUT2D eigenvalue weighted by Crippen LogP contribution is -2.43. The maximum absolute atomic E-state index is 13.7. The fraction of sp³-hybridized carbons (Fsp3) is 0.160. The van der Waals surface area contributed by atoms with E-state index in [1.165, 1.54) is 24.3 Å². The zero-order valence-corrected chi connectivity index (χ0v) is 18.9. The third kappa shape index (κ3) is 4.58. The molecule has 0 amide bonds. The van der Waals surface area contributed by atoms with E-state index < -0.39 is 5.82 Å². The molecule has 0 fully saturated rings. The van der Waals surface area contributed by atoms with E-state index in [4.69, 9.17) is 4.98 Å². The summed E-state index contributed by atoms with van der Waals surface area (Å²) >= 11 is 0. The molecule has 1 atom stereocenters. The molecule has 9 heteroatoms. The number of Topliss-reactive ketones (excluding diaryl/α,β-unsaturated/α-hetero) is 1. The number of anilines is 1. The van der Waals surface area contributed by atoms with Crippen molar-refractivity contribution in [2.24, 2.45) is 0 Å². The van der Waals surface area contributed by atoms with Gasteiger partial charge in [0.2, 0.25) is 5.95 Å². The third-order valence-corrected chi connectivity index (χ3v) is 5.77. The molecule has 0 saturated carbocycles. The second-order valence-electron chi connectivity index (χ2n) is 7.81. The average Bonchev–Trinajstić information content (AvgIpc) is 2.85. The van der Waals surface area contributed by atoms with Gasteiger partial charge in [0.15, 0.2) is 5.78 Å². The van der Waals surface area contributed by atoms with Crippen molar-refractivity contribution in [2.75, 3.05) is 11.4 Å². The standard InChI is InChI=1S/C25H20FN5O2.ClH/c26-20-3-1-2-19(14-20)23(32)16-31-22(18-6-11-28-12-7-18)8-13-30-24(33)15-21(29-25(30)31)17-4-9-27-10-5-17;/h1-7,9-12,14-15,22H,8,13,16H2;1H. The molecule has 0 saturated heterocycles. The van der Waals surface area contributed by atoms with Crippen LogP contribution in [-0.2, 0) is 6.54 Å². The number of hydrogen-bond donors (Lipinski definition) is 0. The molecule has 0 aliphatic carbocycles. The number of halogens is 2. The SMILES string of the molecule is Cl.O=C(CN1c2nc(-c3ccncc3)cc(=O)n2CCC1c1ccncc1)c1cccc(F)c1. The Bertz CT molecular complexity index is 1360. The first kappa shape index (κ1) is 23.3. The number of carbonyl (C=O) groups excluding carboxylic acids is 1. The maximum Gasteiger partial charge on any atom is 0.255 e. The van der Waals surface area contributed by atoms with E-state index in [2.05, 4.69) is 9.97 Å². The number of ketones is 1. The van der Waals surface area contributed by atoms with Crippen LogP contribution in [0.5, 0.6) is 0 Å². The number of hydrogen-bond acceptors (Lipinski definition) is 6. The van der Waals surface area contributed by atoms with Crippen LogP contribution in [-0.4, -0.2) is 31.8 Å². The molecule has 34 heavy (non-hydrogen) atoms. The Hall–Kier alpha value is -3.91. The molecule has 0 bridgehead atoms. The zero-order chi connectivity index (χ0) is 22.8. The van der Waals surface area contributed by atoms with Gasteiger partial charge in [-0.05, 0) is 48.4 Å². The van der Waals surface area contributed by atoms with Crippen LogP contribution in [0.15, 0.2) is 84.2 Å².